The van der Waals surface area contributed by atoms with Crippen LogP contribution < -0.4 is 0 Å². The molecule has 0 aliphatic carbocycles. The van der Waals surface area contributed by atoms with Crippen molar-refractivity contribution >= 4 is 15.9 Å². The van der Waals surface area contributed by atoms with Gasteiger partial charge in [0.2, 0.25) is 0 Å². The Morgan fingerprint density at radius 1 is 1.50 bits per heavy atom. The summed E-state index contributed by atoms with van der Waals surface area (Å²) in [4.78, 5) is 0. The number of rotatable bonds is 2. The van der Waals surface area contributed by atoms with Crippen LogP contribution in [0.4, 0.5) is 0 Å². The Hall–Kier alpha value is -0.560. The van der Waals surface area contributed by atoms with Crippen LogP contribution in [0.25, 0.3) is 0 Å². The van der Waals surface area contributed by atoms with E-state index in [2.05, 4.69) is 54.6 Å². The minimum absolute atomic E-state index is 0.980. The number of hydrogen-bond acceptors (Lipinski definition) is 0. The third-order valence-electron chi connectivity index (χ3n) is 1.73. The van der Waals surface area contributed by atoms with Gasteiger partial charge in [0.1, 0.15) is 0 Å². The zero-order chi connectivity index (χ0) is 9.14. The van der Waals surface area contributed by atoms with Gasteiger partial charge in [0.25, 0.3) is 0 Å². The van der Waals surface area contributed by atoms with E-state index in [4.69, 9.17) is 0 Å². The van der Waals surface area contributed by atoms with E-state index in [-0.39, 0.29) is 0 Å². The lowest BCUT2D eigenvalue weighted by atomic mass is 10.1. The molecule has 1 aromatic rings. The molecular weight excluding hydrogens is 212 g/mol. The lowest BCUT2D eigenvalue weighted by molar-refractivity contribution is 1.14. The van der Waals surface area contributed by atoms with Crippen LogP contribution in [0.15, 0.2) is 34.8 Å². The van der Waals surface area contributed by atoms with Gasteiger partial charge in [-0.15, -0.1) is 0 Å². The summed E-state index contributed by atoms with van der Waals surface area (Å²) < 4.78 is 1.17. The predicted molar refractivity (Wildman–Crippen MR) is 57.4 cm³/mol. The lowest BCUT2D eigenvalue weighted by Gasteiger charge is -2.03. The maximum Gasteiger partial charge on any atom is 0.0204 e. The molecule has 1 heteroatoms. The first-order chi connectivity index (χ1) is 5.59. The van der Waals surface area contributed by atoms with Crippen molar-refractivity contribution in [1.82, 2.24) is 0 Å². The Bertz CT molecular complexity index is 300. The van der Waals surface area contributed by atoms with Crippen molar-refractivity contribution in [3.8, 4) is 0 Å². The third-order valence-corrected chi connectivity index (χ3v) is 2.62. The fourth-order valence-corrected chi connectivity index (χ4v) is 1.41. The maximum atomic E-state index is 3.89. The predicted octanol–water partition coefficient (Wildman–Crippen LogP) is 3.88. The van der Waals surface area contributed by atoms with Crippen LogP contribution in [-0.4, -0.2) is 0 Å². The summed E-state index contributed by atoms with van der Waals surface area (Å²) in [6.45, 7) is 8.05. The Morgan fingerprint density at radius 2 is 2.17 bits per heavy atom. The second-order valence-corrected chi connectivity index (χ2v) is 4.07. The Morgan fingerprint density at radius 3 is 2.67 bits per heavy atom. The van der Waals surface area contributed by atoms with E-state index < -0.39 is 0 Å². The number of benzene rings is 1. The van der Waals surface area contributed by atoms with Crippen LogP contribution >= 0.6 is 15.9 Å². The van der Waals surface area contributed by atoms with Gasteiger partial charge in [-0.25, -0.2) is 0 Å². The quantitative estimate of drug-likeness (QED) is 0.670. The normalized spacial score (nSPS) is 9.92. The first kappa shape index (κ1) is 9.53. The minimum atomic E-state index is 0.980. The molecule has 0 aliphatic rings. The molecule has 64 valence electrons. The largest absolute Gasteiger partial charge is 0.0998 e. The van der Waals surface area contributed by atoms with Crippen LogP contribution in [-0.2, 0) is 6.42 Å². The van der Waals surface area contributed by atoms with Gasteiger partial charge in [0.05, 0.1) is 0 Å². The second-order valence-electron chi connectivity index (χ2n) is 3.22. The molecular formula is C11H13Br. The summed E-state index contributed by atoms with van der Waals surface area (Å²) in [5.74, 6) is 0. The highest BCUT2D eigenvalue weighted by Crippen LogP contribution is 2.18. The van der Waals surface area contributed by atoms with Gasteiger partial charge < -0.3 is 0 Å². The summed E-state index contributed by atoms with van der Waals surface area (Å²) in [5.41, 5.74) is 3.83. The van der Waals surface area contributed by atoms with E-state index >= 15 is 0 Å². The molecule has 0 saturated carbocycles. The molecule has 1 aromatic carbocycles. The topological polar surface area (TPSA) is 0 Å². The molecule has 0 unspecified atom stereocenters. The zero-order valence-electron chi connectivity index (χ0n) is 7.52. The molecule has 0 bridgehead atoms. The molecule has 0 amide bonds. The SMILES string of the molecule is C=C(C)Cc1ccc(Br)c(C)c1. The molecule has 12 heavy (non-hydrogen) atoms. The first-order valence-corrected chi connectivity index (χ1v) is 4.78. The van der Waals surface area contributed by atoms with Gasteiger partial charge in [-0.1, -0.05) is 40.2 Å². The summed E-state index contributed by atoms with van der Waals surface area (Å²) in [6, 6.07) is 6.41. The van der Waals surface area contributed by atoms with E-state index in [0.717, 1.165) is 6.42 Å². The van der Waals surface area contributed by atoms with E-state index in [0.29, 0.717) is 0 Å². The van der Waals surface area contributed by atoms with Crippen LogP contribution in [0.1, 0.15) is 18.1 Å². The van der Waals surface area contributed by atoms with Crippen LogP contribution in [0.3, 0.4) is 0 Å². The highest BCUT2D eigenvalue weighted by Gasteiger charge is 1.96. The van der Waals surface area contributed by atoms with Gasteiger partial charge >= 0.3 is 0 Å². The average Bonchev–Trinajstić information content (AvgIpc) is 1.96. The fraction of sp³-hybridized carbons (Fsp3) is 0.273. The number of aryl methyl sites for hydroxylation is 1. The second kappa shape index (κ2) is 3.90. The van der Waals surface area contributed by atoms with E-state index in [1.165, 1.54) is 21.2 Å². The van der Waals surface area contributed by atoms with Gasteiger partial charge in [-0.3, -0.25) is 0 Å². The van der Waals surface area contributed by atoms with Gasteiger partial charge in [0, 0.05) is 4.47 Å². The monoisotopic (exact) mass is 224 g/mol. The Labute approximate surface area is 82.4 Å². The molecule has 0 N–H and O–H groups in total. The first-order valence-electron chi connectivity index (χ1n) is 3.99. The number of halogens is 1. The van der Waals surface area contributed by atoms with Crippen molar-refractivity contribution in [2.45, 2.75) is 20.3 Å². The standard InChI is InChI=1S/C11H13Br/c1-8(2)6-10-4-5-11(12)9(3)7-10/h4-5,7H,1,6H2,2-3H3. The molecule has 1 rings (SSSR count). The summed E-state index contributed by atoms with van der Waals surface area (Å²) in [6.07, 6.45) is 0.980. The van der Waals surface area contributed by atoms with Crippen LogP contribution in [0.2, 0.25) is 0 Å². The fourth-order valence-electron chi connectivity index (χ4n) is 1.17. The smallest absolute Gasteiger partial charge is 0.0204 e. The highest BCUT2D eigenvalue weighted by atomic mass is 79.9. The third kappa shape index (κ3) is 2.49. The number of allylic oxidation sites excluding steroid dienone is 1. The Kier molecular flexibility index (Phi) is 3.10. The van der Waals surface area contributed by atoms with Crippen molar-refractivity contribution in [2.75, 3.05) is 0 Å². The molecule has 0 fully saturated rings. The van der Waals surface area contributed by atoms with Crippen molar-refractivity contribution in [3.63, 3.8) is 0 Å². The van der Waals surface area contributed by atoms with Crippen molar-refractivity contribution in [3.05, 3.63) is 46.0 Å². The van der Waals surface area contributed by atoms with Crippen LogP contribution in [0.5, 0.6) is 0 Å². The Balaban J connectivity index is 2.89. The zero-order valence-corrected chi connectivity index (χ0v) is 9.11. The molecule has 0 radical (unpaired) electrons. The summed E-state index contributed by atoms with van der Waals surface area (Å²) >= 11 is 3.47. The maximum absolute atomic E-state index is 3.89. The van der Waals surface area contributed by atoms with Crippen molar-refractivity contribution in [2.24, 2.45) is 0 Å². The lowest BCUT2D eigenvalue weighted by Crippen LogP contribution is -1.86. The van der Waals surface area contributed by atoms with E-state index in [1.807, 2.05) is 0 Å². The molecule has 0 atom stereocenters. The molecule has 0 spiro atoms. The van der Waals surface area contributed by atoms with Gasteiger partial charge in [-0.2, -0.15) is 0 Å². The molecule has 0 heterocycles. The van der Waals surface area contributed by atoms with Crippen molar-refractivity contribution in [1.29, 1.82) is 0 Å². The summed E-state index contributed by atoms with van der Waals surface area (Å²) in [5, 5.41) is 0. The van der Waals surface area contributed by atoms with Crippen LogP contribution in [0, 0.1) is 6.92 Å². The number of hydrogen-bond donors (Lipinski definition) is 0. The van der Waals surface area contributed by atoms with E-state index in [1.54, 1.807) is 0 Å². The van der Waals surface area contributed by atoms with E-state index in [9.17, 15) is 0 Å². The van der Waals surface area contributed by atoms with Gasteiger partial charge in [0.15, 0.2) is 0 Å². The highest BCUT2D eigenvalue weighted by molar-refractivity contribution is 9.10. The minimum Gasteiger partial charge on any atom is -0.0998 e. The molecule has 0 aliphatic heterocycles. The molecule has 0 aromatic heterocycles. The van der Waals surface area contributed by atoms with Crippen molar-refractivity contribution < 1.29 is 0 Å². The summed E-state index contributed by atoms with van der Waals surface area (Å²) in [7, 11) is 0. The molecule has 0 saturated heterocycles. The molecule has 0 nitrogen and oxygen atoms in total. The van der Waals surface area contributed by atoms with Gasteiger partial charge in [-0.05, 0) is 37.5 Å². The average molecular weight is 225 g/mol.